The maximum Gasteiger partial charge on any atom is 0.222 e. The van der Waals surface area contributed by atoms with E-state index in [4.69, 9.17) is 11.6 Å². The summed E-state index contributed by atoms with van der Waals surface area (Å²) in [6, 6.07) is 7.34. The Labute approximate surface area is 159 Å². The molecule has 144 valence electrons. The van der Waals surface area contributed by atoms with E-state index in [0.717, 1.165) is 5.56 Å². The van der Waals surface area contributed by atoms with Crippen molar-refractivity contribution < 1.29 is 13.2 Å². The van der Waals surface area contributed by atoms with Crippen LogP contribution in [0.15, 0.2) is 29.3 Å². The maximum atomic E-state index is 12.0. The zero-order chi connectivity index (χ0) is 19.2. The summed E-state index contributed by atoms with van der Waals surface area (Å²) in [5.41, 5.74) is 1.06. The van der Waals surface area contributed by atoms with Crippen molar-refractivity contribution >= 4 is 33.3 Å². The zero-order valence-electron chi connectivity index (χ0n) is 15.0. The van der Waals surface area contributed by atoms with Crippen molar-refractivity contribution in [3.05, 3.63) is 34.9 Å². The third kappa shape index (κ3) is 6.49. The van der Waals surface area contributed by atoms with E-state index in [1.54, 1.807) is 7.05 Å². The van der Waals surface area contributed by atoms with Crippen molar-refractivity contribution in [3.63, 3.8) is 0 Å². The Morgan fingerprint density at radius 1 is 1.42 bits per heavy atom. The normalized spacial score (nSPS) is 19.2. The van der Waals surface area contributed by atoms with Crippen molar-refractivity contribution in [2.24, 2.45) is 4.99 Å². The van der Waals surface area contributed by atoms with Gasteiger partial charge in [-0.1, -0.05) is 23.7 Å². The number of guanidine groups is 1. The largest absolute Gasteiger partial charge is 0.356 e. The molecule has 2 N–H and O–H groups in total. The van der Waals surface area contributed by atoms with Crippen molar-refractivity contribution in [2.45, 2.75) is 25.4 Å². The van der Waals surface area contributed by atoms with Crippen LogP contribution in [0.2, 0.25) is 5.02 Å². The van der Waals surface area contributed by atoms with E-state index in [-0.39, 0.29) is 29.9 Å². The molecule has 1 unspecified atom stereocenters. The van der Waals surface area contributed by atoms with E-state index in [1.165, 1.54) is 0 Å². The van der Waals surface area contributed by atoms with Gasteiger partial charge in [0, 0.05) is 44.7 Å². The fourth-order valence-corrected chi connectivity index (χ4v) is 4.75. The first-order valence-corrected chi connectivity index (χ1v) is 10.6. The van der Waals surface area contributed by atoms with Gasteiger partial charge in [-0.15, -0.1) is 0 Å². The summed E-state index contributed by atoms with van der Waals surface area (Å²) in [6.07, 6.45) is 0.742. The molecule has 1 aliphatic heterocycles. The smallest absolute Gasteiger partial charge is 0.222 e. The Morgan fingerprint density at radius 3 is 2.81 bits per heavy atom. The minimum atomic E-state index is -2.99. The van der Waals surface area contributed by atoms with Gasteiger partial charge in [-0.05, 0) is 24.1 Å². The highest BCUT2D eigenvalue weighted by atomic mass is 35.5. The molecule has 0 aromatic heterocycles. The highest BCUT2D eigenvalue weighted by Crippen LogP contribution is 2.12. The first-order chi connectivity index (χ1) is 12.3. The molecule has 7 nitrogen and oxygen atoms in total. The van der Waals surface area contributed by atoms with E-state index in [1.807, 2.05) is 36.2 Å². The number of hydrogen-bond donors (Lipinski definition) is 2. The topological polar surface area (TPSA) is 90.9 Å². The summed E-state index contributed by atoms with van der Waals surface area (Å²) in [5, 5.41) is 6.60. The van der Waals surface area contributed by atoms with Crippen LogP contribution >= 0.6 is 11.6 Å². The third-order valence-corrected chi connectivity index (χ3v) is 6.12. The minimum Gasteiger partial charge on any atom is -0.356 e. The van der Waals surface area contributed by atoms with Gasteiger partial charge < -0.3 is 15.5 Å². The fraction of sp³-hybridized carbons (Fsp3) is 0.529. The summed E-state index contributed by atoms with van der Waals surface area (Å²) in [5.74, 6) is 0.696. The molecule has 1 aromatic carbocycles. The number of sulfone groups is 1. The van der Waals surface area contributed by atoms with Crippen LogP contribution in [0.3, 0.4) is 0 Å². The molecule has 0 aliphatic carbocycles. The summed E-state index contributed by atoms with van der Waals surface area (Å²) >= 11 is 6.00. The lowest BCUT2D eigenvalue weighted by Gasteiger charge is -2.22. The Bertz CT molecular complexity index is 767. The Hall–Kier alpha value is -1.80. The standard InChI is InChI=1S/C17H25ClN4O3S/c1-19-17(22(2)11-13-4-3-5-14(18)10-13)20-8-6-16(23)21-15-7-9-26(24,25)12-15/h3-5,10,15H,6-9,11-12H2,1-2H3,(H,19,20)(H,21,23). The lowest BCUT2D eigenvalue weighted by atomic mass is 10.2. The Kier molecular flexibility index (Phi) is 7.28. The van der Waals surface area contributed by atoms with Gasteiger partial charge in [-0.25, -0.2) is 8.42 Å². The quantitative estimate of drug-likeness (QED) is 0.550. The van der Waals surface area contributed by atoms with Crippen LogP contribution in [0.4, 0.5) is 0 Å². The summed E-state index contributed by atoms with van der Waals surface area (Å²) < 4.78 is 22.8. The van der Waals surface area contributed by atoms with Crippen molar-refractivity contribution in [1.29, 1.82) is 0 Å². The number of aliphatic imine (C=N–C) groups is 1. The highest BCUT2D eigenvalue weighted by Gasteiger charge is 2.28. The molecule has 2 rings (SSSR count). The Balaban J connectivity index is 1.75. The summed E-state index contributed by atoms with van der Waals surface area (Å²) in [4.78, 5) is 18.1. The highest BCUT2D eigenvalue weighted by molar-refractivity contribution is 7.91. The SMILES string of the molecule is CN=C(NCCC(=O)NC1CCS(=O)(=O)C1)N(C)Cc1cccc(Cl)c1. The number of rotatable bonds is 6. The second kappa shape index (κ2) is 9.23. The van der Waals surface area contributed by atoms with Crippen LogP contribution in [-0.4, -0.2) is 63.4 Å². The average Bonchev–Trinajstić information content (AvgIpc) is 2.90. The third-order valence-electron chi connectivity index (χ3n) is 4.11. The van der Waals surface area contributed by atoms with Gasteiger partial charge in [-0.3, -0.25) is 9.79 Å². The summed E-state index contributed by atoms with van der Waals surface area (Å²) in [6.45, 7) is 1.05. The predicted octanol–water partition coefficient (Wildman–Crippen LogP) is 1.04. The molecule has 26 heavy (non-hydrogen) atoms. The van der Waals surface area contributed by atoms with Gasteiger partial charge in [0.25, 0.3) is 0 Å². The molecular weight excluding hydrogens is 376 g/mol. The van der Waals surface area contributed by atoms with Crippen LogP contribution in [0.1, 0.15) is 18.4 Å². The van der Waals surface area contributed by atoms with Gasteiger partial charge in [0.05, 0.1) is 11.5 Å². The second-order valence-corrected chi connectivity index (χ2v) is 9.04. The molecule has 1 fully saturated rings. The molecule has 1 amide bonds. The number of nitrogens with zero attached hydrogens (tertiary/aromatic N) is 2. The second-order valence-electron chi connectivity index (χ2n) is 6.38. The van der Waals surface area contributed by atoms with E-state index >= 15 is 0 Å². The van der Waals surface area contributed by atoms with Crippen LogP contribution in [0.25, 0.3) is 0 Å². The number of nitrogens with one attached hydrogen (secondary N) is 2. The Morgan fingerprint density at radius 2 is 2.19 bits per heavy atom. The molecule has 0 saturated carbocycles. The maximum absolute atomic E-state index is 12.0. The molecule has 0 bridgehead atoms. The van der Waals surface area contributed by atoms with Crippen molar-refractivity contribution in [3.8, 4) is 0 Å². The number of hydrogen-bond acceptors (Lipinski definition) is 4. The molecule has 0 spiro atoms. The van der Waals surface area contributed by atoms with E-state index in [2.05, 4.69) is 15.6 Å². The summed E-state index contributed by atoms with van der Waals surface area (Å²) in [7, 11) is 0.595. The molecule has 9 heteroatoms. The lowest BCUT2D eigenvalue weighted by molar-refractivity contribution is -0.121. The van der Waals surface area contributed by atoms with E-state index < -0.39 is 9.84 Å². The fourth-order valence-electron chi connectivity index (χ4n) is 2.87. The number of halogens is 1. The lowest BCUT2D eigenvalue weighted by Crippen LogP contribution is -2.41. The van der Waals surface area contributed by atoms with E-state index in [9.17, 15) is 13.2 Å². The van der Waals surface area contributed by atoms with Gasteiger partial charge in [0.1, 0.15) is 0 Å². The number of amides is 1. The monoisotopic (exact) mass is 400 g/mol. The molecule has 0 radical (unpaired) electrons. The molecule has 1 atom stereocenters. The van der Waals surface area contributed by atoms with Crippen LogP contribution < -0.4 is 10.6 Å². The van der Waals surface area contributed by atoms with Crippen molar-refractivity contribution in [1.82, 2.24) is 15.5 Å². The van der Waals surface area contributed by atoms with Gasteiger partial charge in [0.15, 0.2) is 15.8 Å². The van der Waals surface area contributed by atoms with Crippen LogP contribution in [0, 0.1) is 0 Å². The predicted molar refractivity (Wildman–Crippen MR) is 104 cm³/mol. The van der Waals surface area contributed by atoms with Gasteiger partial charge in [-0.2, -0.15) is 0 Å². The molecule has 1 aromatic rings. The molecule has 1 saturated heterocycles. The van der Waals surface area contributed by atoms with Gasteiger partial charge >= 0.3 is 0 Å². The van der Waals surface area contributed by atoms with Gasteiger partial charge in [0.2, 0.25) is 5.91 Å². The minimum absolute atomic E-state index is 0.0379. The van der Waals surface area contributed by atoms with Crippen LogP contribution in [-0.2, 0) is 21.2 Å². The first kappa shape index (κ1) is 20.5. The zero-order valence-corrected chi connectivity index (χ0v) is 16.6. The number of carbonyl (C=O) groups excluding carboxylic acids is 1. The molecule has 1 aliphatic rings. The van der Waals surface area contributed by atoms with E-state index in [0.29, 0.717) is 30.5 Å². The molecule has 1 heterocycles. The first-order valence-electron chi connectivity index (χ1n) is 8.45. The molecular formula is C17H25ClN4O3S. The average molecular weight is 401 g/mol. The van der Waals surface area contributed by atoms with Crippen LogP contribution in [0.5, 0.6) is 0 Å². The number of benzene rings is 1. The van der Waals surface area contributed by atoms with Crippen molar-refractivity contribution in [2.75, 3.05) is 32.1 Å². The number of carbonyl (C=O) groups is 1.